The van der Waals surface area contributed by atoms with Crippen molar-refractivity contribution in [3.8, 4) is 23.1 Å². The number of carbonyl (C=O) groups excluding carboxylic acids is 2. The molecular weight excluding hydrogens is 497 g/mol. The van der Waals surface area contributed by atoms with E-state index in [4.69, 9.17) is 23.2 Å². The molecule has 7 nitrogen and oxygen atoms in total. The third-order valence-corrected chi connectivity index (χ3v) is 6.78. The topological polar surface area (TPSA) is 79.6 Å². The number of hydrogen-bond donors (Lipinski definition) is 1. The van der Waals surface area contributed by atoms with Crippen LogP contribution in [0.3, 0.4) is 0 Å². The molecule has 1 fully saturated rings. The van der Waals surface area contributed by atoms with Crippen molar-refractivity contribution >= 4 is 46.4 Å². The molecule has 36 heavy (non-hydrogen) atoms. The van der Waals surface area contributed by atoms with E-state index >= 15 is 0 Å². The number of fused-ring (bicyclic) bond motifs is 1. The monoisotopic (exact) mass is 517 g/mol. The van der Waals surface area contributed by atoms with Crippen molar-refractivity contribution in [2.75, 3.05) is 11.9 Å². The number of halogens is 2. The van der Waals surface area contributed by atoms with Gasteiger partial charge in [-0.1, -0.05) is 35.2 Å². The second kappa shape index (κ2) is 10.0. The molecular formula is C27H21Cl2N5O2. The normalized spacial score (nSPS) is 15.0. The predicted molar refractivity (Wildman–Crippen MR) is 140 cm³/mol. The number of benzene rings is 1. The summed E-state index contributed by atoms with van der Waals surface area (Å²) in [6.45, 7) is 2.31. The van der Waals surface area contributed by atoms with Gasteiger partial charge in [-0.2, -0.15) is 0 Å². The Morgan fingerprint density at radius 2 is 1.92 bits per heavy atom. The van der Waals surface area contributed by atoms with Gasteiger partial charge in [-0.25, -0.2) is 9.97 Å². The Morgan fingerprint density at radius 3 is 2.64 bits per heavy atom. The number of nitrogens with zero attached hydrogens (tertiary/aromatic N) is 4. The standard InChI is InChI=1S/C27H21Cl2N5O2/c1-2-6-25(35)33-12-5-7-21(33)18-15-23(34-16-30-11-9-22(18)34)26-19(28)13-17(14-20(26)29)27(36)32-24-8-3-4-10-31-24/h3-4,8-11,13-16,21H,5,7,12H2,1H3,(H,31,32,36). The maximum absolute atomic E-state index is 12.8. The second-order valence-electron chi connectivity index (χ2n) is 8.34. The number of carbonyl (C=O) groups is 2. The Hall–Kier alpha value is -3.86. The van der Waals surface area contributed by atoms with E-state index in [1.54, 1.807) is 56.0 Å². The van der Waals surface area contributed by atoms with Gasteiger partial charge in [0, 0.05) is 35.6 Å². The van der Waals surface area contributed by atoms with Crippen molar-refractivity contribution in [1.82, 2.24) is 19.3 Å². The van der Waals surface area contributed by atoms with Crippen LogP contribution in [0.25, 0.3) is 16.8 Å². The Bertz CT molecular complexity index is 1520. The number of anilines is 1. The lowest BCUT2D eigenvalue weighted by atomic mass is 10.0. The average Bonchev–Trinajstić information content (AvgIpc) is 3.50. The van der Waals surface area contributed by atoms with Crippen molar-refractivity contribution in [2.45, 2.75) is 25.8 Å². The molecule has 1 atom stereocenters. The van der Waals surface area contributed by atoms with Gasteiger partial charge >= 0.3 is 0 Å². The molecule has 3 aromatic heterocycles. The summed E-state index contributed by atoms with van der Waals surface area (Å²) in [7, 11) is 0. The van der Waals surface area contributed by atoms with Crippen LogP contribution in [0.4, 0.5) is 5.82 Å². The van der Waals surface area contributed by atoms with Crippen LogP contribution in [0, 0.1) is 11.8 Å². The van der Waals surface area contributed by atoms with Crippen molar-refractivity contribution in [2.24, 2.45) is 0 Å². The largest absolute Gasteiger partial charge is 0.325 e. The number of nitrogens with one attached hydrogen (secondary N) is 1. The van der Waals surface area contributed by atoms with Gasteiger partial charge in [0.25, 0.3) is 11.8 Å². The maximum Gasteiger partial charge on any atom is 0.298 e. The van der Waals surface area contributed by atoms with E-state index in [1.807, 2.05) is 21.4 Å². The molecule has 1 aliphatic rings. The van der Waals surface area contributed by atoms with E-state index in [-0.39, 0.29) is 17.9 Å². The Labute approximate surface area is 218 Å². The third-order valence-electron chi connectivity index (χ3n) is 6.18. The Balaban J connectivity index is 1.56. The molecule has 0 spiro atoms. The van der Waals surface area contributed by atoms with Crippen molar-refractivity contribution in [3.63, 3.8) is 0 Å². The van der Waals surface area contributed by atoms with Gasteiger partial charge < -0.3 is 10.2 Å². The first-order chi connectivity index (χ1) is 17.5. The maximum atomic E-state index is 12.8. The highest BCUT2D eigenvalue weighted by molar-refractivity contribution is 6.39. The summed E-state index contributed by atoms with van der Waals surface area (Å²) in [6.07, 6.45) is 6.71. The number of hydrogen-bond acceptors (Lipinski definition) is 4. The lowest BCUT2D eigenvalue weighted by Gasteiger charge is -2.22. The molecule has 1 N–H and O–H groups in total. The highest BCUT2D eigenvalue weighted by Crippen LogP contribution is 2.42. The Kier molecular flexibility index (Phi) is 6.64. The molecule has 4 aromatic rings. The third kappa shape index (κ3) is 4.41. The van der Waals surface area contributed by atoms with Gasteiger partial charge in [0.05, 0.1) is 33.6 Å². The zero-order valence-electron chi connectivity index (χ0n) is 19.3. The summed E-state index contributed by atoms with van der Waals surface area (Å²) >= 11 is 13.4. The minimum Gasteiger partial charge on any atom is -0.325 e. The molecule has 1 unspecified atom stereocenters. The van der Waals surface area contributed by atoms with E-state index in [2.05, 4.69) is 27.1 Å². The summed E-state index contributed by atoms with van der Waals surface area (Å²) in [6, 6.07) is 12.2. The fourth-order valence-electron chi connectivity index (χ4n) is 4.62. The van der Waals surface area contributed by atoms with E-state index in [0.29, 0.717) is 33.5 Å². The summed E-state index contributed by atoms with van der Waals surface area (Å²) in [5.41, 5.74) is 3.48. The molecule has 0 aliphatic carbocycles. The predicted octanol–water partition coefficient (Wildman–Crippen LogP) is 5.64. The number of amides is 2. The van der Waals surface area contributed by atoms with E-state index < -0.39 is 0 Å². The van der Waals surface area contributed by atoms with Gasteiger partial charge in [0.2, 0.25) is 0 Å². The molecule has 4 heterocycles. The number of rotatable bonds is 4. The zero-order valence-corrected chi connectivity index (χ0v) is 20.8. The smallest absolute Gasteiger partial charge is 0.298 e. The zero-order chi connectivity index (χ0) is 25.2. The van der Waals surface area contributed by atoms with Crippen LogP contribution in [0.15, 0.2) is 61.2 Å². The molecule has 0 saturated carbocycles. The van der Waals surface area contributed by atoms with E-state index in [0.717, 1.165) is 29.6 Å². The Morgan fingerprint density at radius 1 is 1.11 bits per heavy atom. The first-order valence-corrected chi connectivity index (χ1v) is 12.1. The average molecular weight is 518 g/mol. The van der Waals surface area contributed by atoms with Gasteiger partial charge in [-0.05, 0) is 62.1 Å². The van der Waals surface area contributed by atoms with Crippen molar-refractivity contribution in [3.05, 3.63) is 82.4 Å². The lowest BCUT2D eigenvalue weighted by Crippen LogP contribution is -2.29. The minimum absolute atomic E-state index is 0.120. The quantitative estimate of drug-likeness (QED) is 0.355. The SMILES string of the molecule is CC#CC(=O)N1CCCC1c1cc(-c2c(Cl)cc(C(=O)Nc3ccccn3)cc2Cl)n2cnccc12. The highest BCUT2D eigenvalue weighted by atomic mass is 35.5. The fourth-order valence-corrected chi connectivity index (χ4v) is 5.31. The van der Waals surface area contributed by atoms with Gasteiger partial charge in [0.1, 0.15) is 5.82 Å². The van der Waals surface area contributed by atoms with E-state index in [1.165, 1.54) is 0 Å². The van der Waals surface area contributed by atoms with Crippen LogP contribution in [-0.4, -0.2) is 37.6 Å². The van der Waals surface area contributed by atoms with Crippen molar-refractivity contribution in [1.29, 1.82) is 0 Å². The fraction of sp³-hybridized carbons (Fsp3) is 0.185. The summed E-state index contributed by atoms with van der Waals surface area (Å²) in [4.78, 5) is 35.6. The summed E-state index contributed by atoms with van der Waals surface area (Å²) in [5, 5.41) is 3.38. The van der Waals surface area contributed by atoms with Gasteiger partial charge in [0.15, 0.2) is 0 Å². The molecule has 0 bridgehead atoms. The first-order valence-electron chi connectivity index (χ1n) is 11.4. The molecule has 2 amide bonds. The molecule has 1 aliphatic heterocycles. The minimum atomic E-state index is -0.372. The number of aromatic nitrogens is 3. The summed E-state index contributed by atoms with van der Waals surface area (Å²) in [5.74, 6) is 5.23. The second-order valence-corrected chi connectivity index (χ2v) is 9.15. The molecule has 180 valence electrons. The number of pyridine rings is 1. The van der Waals surface area contributed by atoms with Gasteiger partial charge in [-0.15, -0.1) is 0 Å². The molecule has 9 heteroatoms. The van der Waals surface area contributed by atoms with Crippen LogP contribution in [0.2, 0.25) is 10.0 Å². The highest BCUT2D eigenvalue weighted by Gasteiger charge is 2.32. The molecule has 1 saturated heterocycles. The first kappa shape index (κ1) is 23.9. The number of likely N-dealkylation sites (tertiary alicyclic amines) is 1. The van der Waals surface area contributed by atoms with Gasteiger partial charge in [-0.3, -0.25) is 14.0 Å². The van der Waals surface area contributed by atoms with Crippen LogP contribution in [0.1, 0.15) is 41.7 Å². The molecule has 1 aromatic carbocycles. The van der Waals surface area contributed by atoms with Crippen LogP contribution >= 0.6 is 23.2 Å². The summed E-state index contributed by atoms with van der Waals surface area (Å²) < 4.78 is 1.91. The lowest BCUT2D eigenvalue weighted by molar-refractivity contribution is -0.125. The van der Waals surface area contributed by atoms with Crippen LogP contribution in [-0.2, 0) is 4.79 Å². The molecule has 0 radical (unpaired) electrons. The van der Waals surface area contributed by atoms with E-state index in [9.17, 15) is 9.59 Å². The van der Waals surface area contributed by atoms with Crippen LogP contribution < -0.4 is 5.32 Å². The molecule has 5 rings (SSSR count). The van der Waals surface area contributed by atoms with Crippen molar-refractivity contribution < 1.29 is 9.59 Å². The van der Waals surface area contributed by atoms with Crippen LogP contribution in [0.5, 0.6) is 0 Å².